The molecular formula is C26H26ClN3O5. The second-order valence-corrected chi connectivity index (χ2v) is 8.48. The summed E-state index contributed by atoms with van der Waals surface area (Å²) in [6, 6.07) is 16.1. The van der Waals surface area contributed by atoms with Crippen LogP contribution in [0.15, 0.2) is 60.8 Å². The number of amides is 1. The van der Waals surface area contributed by atoms with Gasteiger partial charge in [-0.1, -0.05) is 54.9 Å². The third-order valence-electron chi connectivity index (χ3n) is 5.33. The fourth-order valence-corrected chi connectivity index (χ4v) is 3.81. The van der Waals surface area contributed by atoms with Gasteiger partial charge in [-0.05, 0) is 54.7 Å². The Morgan fingerprint density at radius 1 is 1.09 bits per heavy atom. The molecule has 3 aromatic rings. The number of carboxylic acid groups (broad SMARTS) is 1. The topological polar surface area (TPSA) is 118 Å². The molecule has 182 valence electrons. The number of hydrogen-bond donors (Lipinski definition) is 2. The van der Waals surface area contributed by atoms with Crippen molar-refractivity contribution in [1.82, 2.24) is 15.3 Å². The number of nitrogens with one attached hydrogen (secondary N) is 1. The highest BCUT2D eigenvalue weighted by Crippen LogP contribution is 2.24. The van der Waals surface area contributed by atoms with E-state index in [1.54, 1.807) is 13.8 Å². The molecule has 3 rings (SSSR count). The minimum absolute atomic E-state index is 0.255. The van der Waals surface area contributed by atoms with Crippen molar-refractivity contribution in [2.45, 2.75) is 32.7 Å². The number of carboxylic acids is 1. The molecule has 1 heterocycles. The van der Waals surface area contributed by atoms with Crippen molar-refractivity contribution >= 4 is 29.4 Å². The van der Waals surface area contributed by atoms with Crippen molar-refractivity contribution in [3.05, 3.63) is 82.9 Å². The van der Waals surface area contributed by atoms with Crippen molar-refractivity contribution < 1.29 is 24.2 Å². The first-order chi connectivity index (χ1) is 16.8. The van der Waals surface area contributed by atoms with Crippen LogP contribution < -0.4 is 5.32 Å². The van der Waals surface area contributed by atoms with Crippen molar-refractivity contribution in [2.75, 3.05) is 6.61 Å². The lowest BCUT2D eigenvalue weighted by Gasteiger charge is -2.22. The van der Waals surface area contributed by atoms with E-state index in [4.69, 9.17) is 21.4 Å². The number of hydrogen-bond acceptors (Lipinski definition) is 6. The Labute approximate surface area is 208 Å². The van der Waals surface area contributed by atoms with Gasteiger partial charge in [0, 0.05) is 17.3 Å². The van der Waals surface area contributed by atoms with E-state index < -0.39 is 23.8 Å². The number of aromatic nitrogens is 2. The van der Waals surface area contributed by atoms with Crippen LogP contribution in [0.5, 0.6) is 0 Å². The molecule has 8 nitrogen and oxygen atoms in total. The molecule has 0 bridgehead atoms. The molecule has 0 aliphatic rings. The quantitative estimate of drug-likeness (QED) is 0.399. The molecule has 2 atom stereocenters. The van der Waals surface area contributed by atoms with E-state index in [0.29, 0.717) is 17.9 Å². The number of ether oxygens (including phenoxy) is 1. The molecule has 2 N–H and O–H groups in total. The smallest absolute Gasteiger partial charge is 0.354 e. The summed E-state index contributed by atoms with van der Waals surface area (Å²) in [5.41, 5.74) is 2.64. The molecule has 0 saturated carbocycles. The zero-order valence-corrected chi connectivity index (χ0v) is 20.2. The summed E-state index contributed by atoms with van der Waals surface area (Å²) in [4.78, 5) is 43.9. The maximum absolute atomic E-state index is 12.8. The third-order valence-corrected chi connectivity index (χ3v) is 5.57. The maximum Gasteiger partial charge on any atom is 0.354 e. The molecule has 0 aliphatic carbocycles. The van der Waals surface area contributed by atoms with Gasteiger partial charge in [-0.15, -0.1) is 0 Å². The summed E-state index contributed by atoms with van der Waals surface area (Å²) >= 11 is 6.10. The zero-order chi connectivity index (χ0) is 25.4. The second-order valence-electron chi connectivity index (χ2n) is 8.04. The number of halogens is 1. The highest BCUT2D eigenvalue weighted by Gasteiger charge is 2.24. The normalized spacial score (nSPS) is 12.4. The van der Waals surface area contributed by atoms with Crippen molar-refractivity contribution in [3.63, 3.8) is 0 Å². The molecule has 1 aromatic heterocycles. The molecule has 0 unspecified atom stereocenters. The molecule has 0 aliphatic heterocycles. The number of esters is 1. The highest BCUT2D eigenvalue weighted by atomic mass is 35.5. The molecule has 1 amide bonds. The van der Waals surface area contributed by atoms with Gasteiger partial charge in [-0.2, -0.15) is 0 Å². The molecule has 0 spiro atoms. The Morgan fingerprint density at radius 3 is 2.49 bits per heavy atom. The number of benzene rings is 2. The van der Waals surface area contributed by atoms with Crippen LogP contribution in [-0.2, 0) is 16.0 Å². The second kappa shape index (κ2) is 12.1. The lowest BCUT2D eigenvalue weighted by atomic mass is 9.95. The zero-order valence-electron chi connectivity index (χ0n) is 19.4. The maximum atomic E-state index is 12.8. The monoisotopic (exact) mass is 495 g/mol. The van der Waals surface area contributed by atoms with Gasteiger partial charge < -0.3 is 15.2 Å². The summed E-state index contributed by atoms with van der Waals surface area (Å²) in [5.74, 6) is -2.95. The molecule has 35 heavy (non-hydrogen) atoms. The lowest BCUT2D eigenvalue weighted by molar-refractivity contribution is -0.147. The first kappa shape index (κ1) is 25.8. The van der Waals surface area contributed by atoms with Crippen LogP contribution >= 0.6 is 11.6 Å². The highest BCUT2D eigenvalue weighted by molar-refractivity contribution is 6.30. The van der Waals surface area contributed by atoms with Gasteiger partial charge in [-0.3, -0.25) is 9.59 Å². The van der Waals surface area contributed by atoms with Crippen LogP contribution in [0.2, 0.25) is 5.02 Å². The largest absolute Gasteiger partial charge is 0.477 e. The van der Waals surface area contributed by atoms with Gasteiger partial charge in [0.25, 0.3) is 5.91 Å². The predicted octanol–water partition coefficient (Wildman–Crippen LogP) is 4.43. The standard InChI is InChI=1S/C26H26ClN3O5/c1-3-35-26(34)16(2)13-21(29-24(31)23-28-12-11-22(30-23)25(32)33)14-17-7-9-18(10-8-17)19-5-4-6-20(27)15-19/h4-12,15-16,21H,3,13-14H2,1-2H3,(H,29,31)(H,32,33)/t16-,21+/m1/s1. The van der Waals surface area contributed by atoms with Crippen LogP contribution in [0.1, 0.15) is 46.9 Å². The number of aromatic carboxylic acids is 1. The minimum atomic E-state index is -1.26. The summed E-state index contributed by atoms with van der Waals surface area (Å²) in [6.45, 7) is 3.74. The molecule has 0 fully saturated rings. The fourth-order valence-electron chi connectivity index (χ4n) is 3.62. The first-order valence-corrected chi connectivity index (χ1v) is 11.5. The molecule has 0 radical (unpaired) electrons. The van der Waals surface area contributed by atoms with Gasteiger partial charge in [0.1, 0.15) is 0 Å². The minimum Gasteiger partial charge on any atom is -0.477 e. The van der Waals surface area contributed by atoms with Crippen LogP contribution in [-0.4, -0.2) is 45.6 Å². The van der Waals surface area contributed by atoms with Crippen molar-refractivity contribution in [2.24, 2.45) is 5.92 Å². The van der Waals surface area contributed by atoms with Gasteiger partial charge in [0.15, 0.2) is 5.69 Å². The Hall–Kier alpha value is -3.78. The van der Waals surface area contributed by atoms with Gasteiger partial charge >= 0.3 is 11.9 Å². The van der Waals surface area contributed by atoms with Crippen molar-refractivity contribution in [1.29, 1.82) is 0 Å². The number of carbonyl (C=O) groups is 3. The molecule has 0 saturated heterocycles. The van der Waals surface area contributed by atoms with Crippen LogP contribution in [0, 0.1) is 5.92 Å². The van der Waals surface area contributed by atoms with Crippen LogP contribution in [0.4, 0.5) is 0 Å². The summed E-state index contributed by atoms with van der Waals surface area (Å²) in [7, 11) is 0. The molecule has 2 aromatic carbocycles. The van der Waals surface area contributed by atoms with Crippen molar-refractivity contribution in [3.8, 4) is 11.1 Å². The van der Waals surface area contributed by atoms with E-state index in [-0.39, 0.29) is 24.1 Å². The number of rotatable bonds is 10. The van der Waals surface area contributed by atoms with Crippen LogP contribution in [0.25, 0.3) is 11.1 Å². The fraction of sp³-hybridized carbons (Fsp3) is 0.269. The van der Waals surface area contributed by atoms with E-state index >= 15 is 0 Å². The summed E-state index contributed by atoms with van der Waals surface area (Å²) in [6.07, 6.45) is 1.97. The van der Waals surface area contributed by atoms with Gasteiger partial charge in [0.05, 0.1) is 12.5 Å². The van der Waals surface area contributed by atoms with E-state index in [9.17, 15) is 14.4 Å². The van der Waals surface area contributed by atoms with Gasteiger partial charge in [-0.25, -0.2) is 14.8 Å². The van der Waals surface area contributed by atoms with E-state index in [2.05, 4.69) is 15.3 Å². The number of carbonyl (C=O) groups excluding carboxylic acids is 2. The Balaban J connectivity index is 1.78. The summed E-state index contributed by atoms with van der Waals surface area (Å²) in [5, 5.41) is 12.6. The Kier molecular flexibility index (Phi) is 8.92. The lowest BCUT2D eigenvalue weighted by Crippen LogP contribution is -2.39. The summed E-state index contributed by atoms with van der Waals surface area (Å²) < 4.78 is 5.11. The Bertz CT molecular complexity index is 1200. The third kappa shape index (κ3) is 7.35. The average Bonchev–Trinajstić information content (AvgIpc) is 2.84. The van der Waals surface area contributed by atoms with E-state index in [0.717, 1.165) is 16.7 Å². The van der Waals surface area contributed by atoms with Crippen LogP contribution in [0.3, 0.4) is 0 Å². The molecule has 9 heteroatoms. The molecular weight excluding hydrogens is 470 g/mol. The number of nitrogens with zero attached hydrogens (tertiary/aromatic N) is 2. The first-order valence-electron chi connectivity index (χ1n) is 11.2. The SMILES string of the molecule is CCOC(=O)[C@H](C)C[C@@H](Cc1ccc(-c2cccc(Cl)c2)cc1)NC(=O)c1nccc(C(=O)O)n1. The van der Waals surface area contributed by atoms with E-state index in [1.807, 2.05) is 48.5 Å². The van der Waals surface area contributed by atoms with Gasteiger partial charge in [0.2, 0.25) is 5.82 Å². The average molecular weight is 496 g/mol. The van der Waals surface area contributed by atoms with E-state index in [1.165, 1.54) is 12.3 Å². The Morgan fingerprint density at radius 2 is 1.83 bits per heavy atom. The predicted molar refractivity (Wildman–Crippen MR) is 131 cm³/mol.